The Bertz CT molecular complexity index is 777. The van der Waals surface area contributed by atoms with Gasteiger partial charge in [0.05, 0.1) is 13.2 Å². The van der Waals surface area contributed by atoms with Crippen LogP contribution in [0.3, 0.4) is 0 Å². The van der Waals surface area contributed by atoms with Crippen LogP contribution in [0.5, 0.6) is 0 Å². The highest BCUT2D eigenvalue weighted by atomic mass is 19.1. The van der Waals surface area contributed by atoms with Crippen LogP contribution in [0.2, 0.25) is 0 Å². The molecule has 0 saturated heterocycles. The van der Waals surface area contributed by atoms with E-state index in [9.17, 15) is 4.39 Å². The molecule has 3 rings (SSSR count). The van der Waals surface area contributed by atoms with Gasteiger partial charge in [0.2, 0.25) is 0 Å². The van der Waals surface area contributed by atoms with Crippen molar-refractivity contribution in [2.75, 3.05) is 7.05 Å². The van der Waals surface area contributed by atoms with E-state index < -0.39 is 5.60 Å². The monoisotopic (exact) mass is 308 g/mol. The van der Waals surface area contributed by atoms with Gasteiger partial charge in [-0.15, -0.1) is 0 Å². The van der Waals surface area contributed by atoms with Gasteiger partial charge in [0.15, 0.2) is 5.69 Å². The third kappa shape index (κ3) is 2.76. The minimum absolute atomic E-state index is 0.263. The summed E-state index contributed by atoms with van der Waals surface area (Å²) in [4.78, 5) is 7.52. The molecule has 0 spiro atoms. The summed E-state index contributed by atoms with van der Waals surface area (Å²) in [5, 5.41) is 0. The number of fused-ring (bicyclic) bond motifs is 1. The molecule has 23 heavy (non-hydrogen) atoms. The maximum atomic E-state index is 13.3. The van der Waals surface area contributed by atoms with Crippen LogP contribution >= 0.6 is 0 Å². The second-order valence-electron chi connectivity index (χ2n) is 5.56. The van der Waals surface area contributed by atoms with Crippen LogP contribution in [0, 0.1) is 12.4 Å². The minimum Gasteiger partial charge on any atom is -0.361 e. The predicted molar refractivity (Wildman–Crippen MR) is 88.3 cm³/mol. The average molecular weight is 308 g/mol. The highest BCUT2D eigenvalue weighted by Gasteiger charge is 2.41. The van der Waals surface area contributed by atoms with Crippen LogP contribution in [-0.4, -0.2) is 13.3 Å². The minimum atomic E-state index is -0.606. The molecule has 1 aliphatic heterocycles. The van der Waals surface area contributed by atoms with Gasteiger partial charge < -0.3 is 9.73 Å². The summed E-state index contributed by atoms with van der Waals surface area (Å²) in [6.45, 7) is 7.61. The second kappa shape index (κ2) is 6.31. The zero-order valence-corrected chi connectivity index (χ0v) is 12.9. The van der Waals surface area contributed by atoms with Crippen molar-refractivity contribution in [1.29, 1.82) is 0 Å². The number of aliphatic imine (C=N–C) groups is 1. The van der Waals surface area contributed by atoms with E-state index in [1.807, 2.05) is 24.4 Å². The number of benzene rings is 2. The maximum Gasteiger partial charge on any atom is 0.187 e. The van der Waals surface area contributed by atoms with E-state index in [-0.39, 0.29) is 5.82 Å². The molecule has 0 aromatic heterocycles. The Hall–Kier alpha value is -2.51. The van der Waals surface area contributed by atoms with E-state index >= 15 is 0 Å². The predicted octanol–water partition coefficient (Wildman–Crippen LogP) is 4.63. The standard InChI is InChI=1S/C19H17FN2O/c1-21-11-3-10-19(15-4-6-16(20)7-5-15)18-9-8-17(22-2)12-14(18)13-23-19/h4-9,11-12H,3,10,13H2,1H3. The lowest BCUT2D eigenvalue weighted by molar-refractivity contribution is -0.0100. The normalized spacial score (nSPS) is 19.7. The molecule has 2 aromatic rings. The fourth-order valence-electron chi connectivity index (χ4n) is 3.15. The highest BCUT2D eigenvalue weighted by molar-refractivity contribution is 5.59. The van der Waals surface area contributed by atoms with Crippen LogP contribution in [-0.2, 0) is 16.9 Å². The Balaban J connectivity index is 2.09. The zero-order valence-electron chi connectivity index (χ0n) is 12.9. The lowest BCUT2D eigenvalue weighted by Gasteiger charge is -2.30. The number of hydrogen-bond donors (Lipinski definition) is 0. The van der Waals surface area contributed by atoms with E-state index in [1.165, 1.54) is 12.1 Å². The lowest BCUT2D eigenvalue weighted by atomic mass is 9.82. The fraction of sp³-hybridized carbons (Fsp3) is 0.263. The molecule has 116 valence electrons. The molecular weight excluding hydrogens is 291 g/mol. The van der Waals surface area contributed by atoms with E-state index in [0.717, 1.165) is 29.5 Å². The molecular formula is C19H17FN2O. The summed E-state index contributed by atoms with van der Waals surface area (Å²) in [5.41, 5.74) is 3.01. The molecule has 0 bridgehead atoms. The molecule has 0 fully saturated rings. The molecule has 0 saturated carbocycles. The van der Waals surface area contributed by atoms with E-state index in [1.54, 1.807) is 19.2 Å². The molecule has 1 unspecified atom stereocenters. The smallest absolute Gasteiger partial charge is 0.187 e. The summed E-state index contributed by atoms with van der Waals surface area (Å²) < 4.78 is 19.5. The number of hydrogen-bond acceptors (Lipinski definition) is 2. The molecule has 0 aliphatic carbocycles. The van der Waals surface area contributed by atoms with Crippen molar-refractivity contribution in [1.82, 2.24) is 0 Å². The molecule has 0 amide bonds. The number of halogens is 1. The van der Waals surface area contributed by atoms with Gasteiger partial charge in [-0.05, 0) is 47.9 Å². The fourth-order valence-corrected chi connectivity index (χ4v) is 3.15. The first kappa shape index (κ1) is 15.4. The first-order chi connectivity index (χ1) is 11.2. The van der Waals surface area contributed by atoms with Crippen molar-refractivity contribution in [3.05, 3.63) is 76.4 Å². The number of ether oxygens (including phenoxy) is 1. The summed E-state index contributed by atoms with van der Waals surface area (Å²) in [6, 6.07) is 12.1. The average Bonchev–Trinajstić information content (AvgIpc) is 2.95. The van der Waals surface area contributed by atoms with Gasteiger partial charge >= 0.3 is 0 Å². The molecule has 0 N–H and O–H groups in total. The molecule has 3 nitrogen and oxygen atoms in total. The molecule has 1 heterocycles. The SMILES string of the molecule is [C-]#[N+]c1ccc2c(c1)COC2(CCC=NC)c1ccc(F)cc1. The lowest BCUT2D eigenvalue weighted by Crippen LogP contribution is -2.27. The first-order valence-corrected chi connectivity index (χ1v) is 7.51. The molecule has 2 aromatic carbocycles. The highest BCUT2D eigenvalue weighted by Crippen LogP contribution is 2.46. The van der Waals surface area contributed by atoms with E-state index in [2.05, 4.69) is 9.84 Å². The van der Waals surface area contributed by atoms with Crippen molar-refractivity contribution in [3.63, 3.8) is 0 Å². The van der Waals surface area contributed by atoms with Gasteiger partial charge in [-0.1, -0.05) is 30.3 Å². The second-order valence-corrected chi connectivity index (χ2v) is 5.56. The van der Waals surface area contributed by atoms with Crippen LogP contribution in [0.25, 0.3) is 4.85 Å². The quantitative estimate of drug-likeness (QED) is 0.597. The van der Waals surface area contributed by atoms with Crippen molar-refractivity contribution in [2.45, 2.75) is 25.0 Å². The van der Waals surface area contributed by atoms with Gasteiger partial charge in [-0.2, -0.15) is 0 Å². The van der Waals surface area contributed by atoms with Gasteiger partial charge in [-0.3, -0.25) is 0 Å². The Morgan fingerprint density at radius 3 is 2.78 bits per heavy atom. The molecule has 0 radical (unpaired) electrons. The Morgan fingerprint density at radius 1 is 1.30 bits per heavy atom. The Morgan fingerprint density at radius 2 is 2.09 bits per heavy atom. The third-order valence-electron chi connectivity index (χ3n) is 4.25. The van der Waals surface area contributed by atoms with Crippen molar-refractivity contribution >= 4 is 11.9 Å². The van der Waals surface area contributed by atoms with Crippen LogP contribution in [0.4, 0.5) is 10.1 Å². The topological polar surface area (TPSA) is 25.9 Å². The van der Waals surface area contributed by atoms with Crippen LogP contribution < -0.4 is 0 Å². The first-order valence-electron chi connectivity index (χ1n) is 7.51. The van der Waals surface area contributed by atoms with Gasteiger partial charge in [0.25, 0.3) is 0 Å². The summed E-state index contributed by atoms with van der Waals surface area (Å²) in [5.74, 6) is -0.263. The molecule has 1 atom stereocenters. The van der Waals surface area contributed by atoms with Gasteiger partial charge in [-0.25, -0.2) is 9.24 Å². The third-order valence-corrected chi connectivity index (χ3v) is 4.25. The number of rotatable bonds is 4. The van der Waals surface area contributed by atoms with Gasteiger partial charge in [0, 0.05) is 7.05 Å². The Kier molecular flexibility index (Phi) is 4.22. The summed E-state index contributed by atoms with van der Waals surface area (Å²) >= 11 is 0. The van der Waals surface area contributed by atoms with Crippen LogP contribution in [0.1, 0.15) is 29.5 Å². The van der Waals surface area contributed by atoms with Gasteiger partial charge in [0.1, 0.15) is 11.4 Å². The molecule has 1 aliphatic rings. The van der Waals surface area contributed by atoms with Crippen molar-refractivity contribution in [2.24, 2.45) is 4.99 Å². The van der Waals surface area contributed by atoms with Crippen LogP contribution in [0.15, 0.2) is 47.5 Å². The maximum absolute atomic E-state index is 13.3. The molecule has 4 heteroatoms. The van der Waals surface area contributed by atoms with Crippen molar-refractivity contribution < 1.29 is 9.13 Å². The summed E-state index contributed by atoms with van der Waals surface area (Å²) in [6.07, 6.45) is 3.35. The van der Waals surface area contributed by atoms with E-state index in [4.69, 9.17) is 11.3 Å². The van der Waals surface area contributed by atoms with E-state index in [0.29, 0.717) is 12.3 Å². The summed E-state index contributed by atoms with van der Waals surface area (Å²) in [7, 11) is 1.75. The van der Waals surface area contributed by atoms with Crippen molar-refractivity contribution in [3.8, 4) is 0 Å². The largest absolute Gasteiger partial charge is 0.361 e. The Labute approximate surface area is 135 Å². The number of nitrogens with zero attached hydrogens (tertiary/aromatic N) is 2. The zero-order chi connectivity index (χ0) is 16.3.